The van der Waals surface area contributed by atoms with Gasteiger partial charge in [0.15, 0.2) is 5.82 Å². The molecule has 4 heterocycles. The van der Waals surface area contributed by atoms with Crippen molar-refractivity contribution < 1.29 is 9.53 Å². The number of hydrogen-bond donors (Lipinski definition) is 4. The van der Waals surface area contributed by atoms with Gasteiger partial charge in [0.1, 0.15) is 11.6 Å². The number of benzene rings is 3. The number of fused-ring (bicyclic) bond motifs is 2. The van der Waals surface area contributed by atoms with Gasteiger partial charge in [0.2, 0.25) is 11.8 Å². The number of amides is 2. The maximum Gasteiger partial charge on any atom is 0.324 e. The van der Waals surface area contributed by atoms with Gasteiger partial charge >= 0.3 is 6.03 Å². The lowest BCUT2D eigenvalue weighted by molar-refractivity contribution is 0.262. The van der Waals surface area contributed by atoms with Gasteiger partial charge in [-0.15, -0.1) is 5.10 Å². The standard InChI is InChI=1S/C35H32N10O2/c1-21-9-11-24(12-10-21)45-30(18-29(44-45)35(2,3)4)41-34(46)40-27-13-14-28(26-8-6-5-7-25(26)27)47-31-15-16-36-33(42-31)39-23-17-22-19-38-43-32(22)37-20-23/h5-20H,1-4H3,(H,36,39,42)(H,37,38,43)(H2,40,41,46). The zero-order valence-electron chi connectivity index (χ0n) is 26.2. The summed E-state index contributed by atoms with van der Waals surface area (Å²) in [4.78, 5) is 25.4. The Bertz CT molecular complexity index is 2180. The second-order valence-electron chi connectivity index (χ2n) is 12.1. The molecule has 2 aliphatic heterocycles. The van der Waals surface area contributed by atoms with Crippen LogP contribution >= 0.6 is 0 Å². The Morgan fingerprint density at radius 1 is 0.936 bits per heavy atom. The van der Waals surface area contributed by atoms with Crippen LogP contribution in [-0.4, -0.2) is 41.0 Å². The molecule has 0 saturated carbocycles. The first kappa shape index (κ1) is 29.4. The summed E-state index contributed by atoms with van der Waals surface area (Å²) in [6, 6.07) is 24.4. The normalized spacial score (nSPS) is 11.5. The Morgan fingerprint density at radius 2 is 1.74 bits per heavy atom. The summed E-state index contributed by atoms with van der Waals surface area (Å²) in [5.41, 5.74) is 4.88. The van der Waals surface area contributed by atoms with E-state index in [0.717, 1.165) is 39.0 Å². The van der Waals surface area contributed by atoms with Gasteiger partial charge in [0.25, 0.3) is 0 Å². The van der Waals surface area contributed by atoms with Gasteiger partial charge < -0.3 is 20.4 Å². The van der Waals surface area contributed by atoms with E-state index in [1.165, 1.54) is 0 Å². The van der Waals surface area contributed by atoms with Crippen LogP contribution < -0.4 is 20.7 Å². The zero-order valence-corrected chi connectivity index (χ0v) is 26.2. The van der Waals surface area contributed by atoms with Gasteiger partial charge in [-0.25, -0.2) is 14.5 Å². The number of nitrogens with zero attached hydrogens (tertiary/aromatic N) is 6. The molecule has 12 nitrogen and oxygen atoms in total. The SMILES string of the molecule is Cc1ccc(-n2nc(C(C)(C)C)cc2NC(=O)Nc2ccc(Oc3ccnc(Nc4c[nH]c5nncc-5c4)n3)c3ccccc23)cc1. The van der Waals surface area contributed by atoms with Gasteiger partial charge in [-0.1, -0.05) is 62.7 Å². The first-order chi connectivity index (χ1) is 22.7. The van der Waals surface area contributed by atoms with E-state index in [9.17, 15) is 4.79 Å². The van der Waals surface area contributed by atoms with Gasteiger partial charge in [0, 0.05) is 46.3 Å². The third-order valence-electron chi connectivity index (χ3n) is 7.53. The minimum Gasteiger partial charge on any atom is -0.438 e. The Hall–Kier alpha value is -6.30. The lowest BCUT2D eigenvalue weighted by Gasteiger charge is -2.14. The minimum atomic E-state index is -0.396. The van der Waals surface area contributed by atoms with Crippen LogP contribution in [0, 0.1) is 6.92 Å². The fraction of sp³-hybridized carbons (Fsp3) is 0.143. The van der Waals surface area contributed by atoms with Gasteiger partial charge in [-0.2, -0.15) is 15.2 Å². The van der Waals surface area contributed by atoms with Crippen molar-refractivity contribution in [3.8, 4) is 28.7 Å². The molecule has 0 radical (unpaired) electrons. The van der Waals surface area contributed by atoms with E-state index in [0.29, 0.717) is 34.9 Å². The maximum atomic E-state index is 13.4. The highest BCUT2D eigenvalue weighted by molar-refractivity contribution is 6.07. The first-order valence-corrected chi connectivity index (χ1v) is 15.0. The van der Waals surface area contributed by atoms with Crippen molar-refractivity contribution in [2.45, 2.75) is 33.1 Å². The average Bonchev–Trinajstić information content (AvgIpc) is 3.70. The number of aromatic nitrogens is 7. The largest absolute Gasteiger partial charge is 0.438 e. The molecule has 0 bridgehead atoms. The predicted octanol–water partition coefficient (Wildman–Crippen LogP) is 7.82. The highest BCUT2D eigenvalue weighted by atomic mass is 16.5. The summed E-state index contributed by atoms with van der Waals surface area (Å²) in [6.45, 7) is 8.30. The summed E-state index contributed by atoms with van der Waals surface area (Å²) in [6.07, 6.45) is 5.06. The molecule has 234 valence electrons. The van der Waals surface area contributed by atoms with Crippen LogP contribution in [0.4, 0.5) is 27.9 Å². The lowest BCUT2D eigenvalue weighted by atomic mass is 9.92. The number of anilines is 4. The van der Waals surface area contributed by atoms with E-state index < -0.39 is 6.03 Å². The van der Waals surface area contributed by atoms with E-state index >= 15 is 0 Å². The van der Waals surface area contributed by atoms with Crippen molar-refractivity contribution >= 4 is 39.9 Å². The molecule has 4 N–H and O–H groups in total. The Labute approximate surface area is 270 Å². The van der Waals surface area contributed by atoms with Gasteiger partial charge in [0.05, 0.1) is 29.0 Å². The van der Waals surface area contributed by atoms with Crippen molar-refractivity contribution in [1.82, 2.24) is 34.9 Å². The molecule has 2 aliphatic rings. The maximum absolute atomic E-state index is 13.4. The highest BCUT2D eigenvalue weighted by Gasteiger charge is 2.22. The molecular formula is C35H32N10O2. The third-order valence-corrected chi connectivity index (χ3v) is 7.53. The molecule has 0 atom stereocenters. The number of ether oxygens (including phenoxy) is 1. The number of aromatic amines is 1. The fourth-order valence-electron chi connectivity index (χ4n) is 5.07. The first-order valence-electron chi connectivity index (χ1n) is 15.0. The predicted molar refractivity (Wildman–Crippen MR) is 182 cm³/mol. The van der Waals surface area contributed by atoms with Crippen molar-refractivity contribution in [2.75, 3.05) is 16.0 Å². The molecule has 0 aliphatic carbocycles. The van der Waals surface area contributed by atoms with Crippen LogP contribution in [-0.2, 0) is 5.41 Å². The molecule has 7 rings (SSSR count). The number of carbonyl (C=O) groups is 1. The quantitative estimate of drug-likeness (QED) is 0.140. The Morgan fingerprint density at radius 3 is 2.55 bits per heavy atom. The van der Waals surface area contributed by atoms with Crippen molar-refractivity contribution in [3.05, 3.63) is 109 Å². The highest BCUT2D eigenvalue weighted by Crippen LogP contribution is 2.35. The second-order valence-corrected chi connectivity index (χ2v) is 12.1. The number of H-pyrrole nitrogens is 1. The summed E-state index contributed by atoms with van der Waals surface area (Å²) in [5.74, 6) is 2.55. The monoisotopic (exact) mass is 624 g/mol. The van der Waals surface area contributed by atoms with Gasteiger partial charge in [-0.3, -0.25) is 5.32 Å². The van der Waals surface area contributed by atoms with Crippen LogP contribution in [0.3, 0.4) is 0 Å². The molecule has 2 aromatic heterocycles. The molecule has 47 heavy (non-hydrogen) atoms. The fourth-order valence-corrected chi connectivity index (χ4v) is 5.07. The Balaban J connectivity index is 1.11. The van der Waals surface area contributed by atoms with Crippen LogP contribution in [0.2, 0.25) is 0 Å². The molecule has 12 heteroatoms. The molecule has 3 aromatic carbocycles. The van der Waals surface area contributed by atoms with Crippen LogP contribution in [0.1, 0.15) is 32.0 Å². The minimum absolute atomic E-state index is 0.207. The molecular weight excluding hydrogens is 592 g/mol. The summed E-state index contributed by atoms with van der Waals surface area (Å²) in [7, 11) is 0. The molecule has 0 saturated heterocycles. The number of aryl methyl sites for hydroxylation is 1. The Kier molecular flexibility index (Phi) is 7.44. The van der Waals surface area contributed by atoms with Crippen molar-refractivity contribution in [3.63, 3.8) is 0 Å². The summed E-state index contributed by atoms with van der Waals surface area (Å²) < 4.78 is 7.99. The van der Waals surface area contributed by atoms with E-state index in [4.69, 9.17) is 9.84 Å². The van der Waals surface area contributed by atoms with E-state index in [-0.39, 0.29) is 5.41 Å². The molecule has 0 fully saturated rings. The van der Waals surface area contributed by atoms with E-state index in [2.05, 4.69) is 61.9 Å². The summed E-state index contributed by atoms with van der Waals surface area (Å²) in [5, 5.41) is 23.5. The lowest BCUT2D eigenvalue weighted by Crippen LogP contribution is -2.21. The summed E-state index contributed by atoms with van der Waals surface area (Å²) >= 11 is 0. The number of hydrogen-bond acceptors (Lipinski definition) is 8. The van der Waals surface area contributed by atoms with Gasteiger partial charge in [-0.05, 0) is 37.3 Å². The van der Waals surface area contributed by atoms with E-state index in [1.54, 1.807) is 35.4 Å². The molecule has 2 amide bonds. The number of nitrogens with one attached hydrogen (secondary N) is 4. The number of carbonyl (C=O) groups excluding carboxylic acids is 1. The van der Waals surface area contributed by atoms with E-state index in [1.807, 2.05) is 73.7 Å². The van der Waals surface area contributed by atoms with Crippen LogP contribution in [0.15, 0.2) is 97.5 Å². The average molecular weight is 625 g/mol. The molecule has 0 spiro atoms. The number of pyridine rings is 1. The molecule has 5 aromatic rings. The van der Waals surface area contributed by atoms with Crippen LogP contribution in [0.5, 0.6) is 11.6 Å². The number of urea groups is 1. The number of rotatable bonds is 7. The van der Waals surface area contributed by atoms with Crippen molar-refractivity contribution in [1.29, 1.82) is 0 Å². The third kappa shape index (κ3) is 6.29. The topological polar surface area (TPSA) is 148 Å². The zero-order chi connectivity index (χ0) is 32.5. The molecule has 0 unspecified atom stereocenters. The smallest absolute Gasteiger partial charge is 0.324 e. The van der Waals surface area contributed by atoms with Crippen LogP contribution in [0.25, 0.3) is 27.8 Å². The second kappa shape index (κ2) is 11.9. The van der Waals surface area contributed by atoms with Crippen molar-refractivity contribution in [2.24, 2.45) is 0 Å².